The number of benzene rings is 1. The Morgan fingerprint density at radius 3 is 2.13 bits per heavy atom. The molecule has 13 heteroatoms. The van der Waals surface area contributed by atoms with Crippen molar-refractivity contribution in [2.45, 2.75) is 115 Å². The molecule has 0 aromatic heterocycles. The second-order valence-electron chi connectivity index (χ2n) is 11.7. The number of ether oxygens (including phenoxy) is 7. The summed E-state index contributed by atoms with van der Waals surface area (Å²) in [5.74, 6) is -2.69. The van der Waals surface area contributed by atoms with Crippen LogP contribution < -0.4 is 5.32 Å². The molecule has 7 atom stereocenters. The van der Waals surface area contributed by atoms with Gasteiger partial charge in [0.05, 0.1) is 16.5 Å². The molecular formula is C26H36N2O11. The van der Waals surface area contributed by atoms with Crippen molar-refractivity contribution in [1.29, 1.82) is 0 Å². The molecule has 3 aliphatic rings. The summed E-state index contributed by atoms with van der Waals surface area (Å²) in [6.07, 6.45) is -5.39. The zero-order valence-corrected chi connectivity index (χ0v) is 23.3. The molecule has 0 radical (unpaired) electrons. The van der Waals surface area contributed by atoms with Gasteiger partial charge in [0.1, 0.15) is 36.1 Å². The first-order valence-electron chi connectivity index (χ1n) is 12.8. The highest BCUT2D eigenvalue weighted by Crippen LogP contribution is 2.45. The fourth-order valence-corrected chi connectivity index (χ4v) is 4.87. The lowest BCUT2D eigenvalue weighted by Gasteiger charge is -2.42. The number of carbonyl (C=O) groups excluding carboxylic acids is 2. The fourth-order valence-electron chi connectivity index (χ4n) is 4.87. The zero-order valence-electron chi connectivity index (χ0n) is 23.3. The molecule has 13 nitrogen and oxygen atoms in total. The van der Waals surface area contributed by atoms with E-state index in [1.165, 1.54) is 24.3 Å². The lowest BCUT2D eigenvalue weighted by atomic mass is 9.91. The molecule has 0 saturated carbocycles. The Balaban J connectivity index is 1.61. The van der Waals surface area contributed by atoms with Crippen LogP contribution in [0.15, 0.2) is 24.3 Å². The van der Waals surface area contributed by atoms with E-state index in [2.05, 4.69) is 5.32 Å². The number of non-ortho nitro benzene ring substituents is 1. The average Bonchev–Trinajstić information content (AvgIpc) is 3.29. The Morgan fingerprint density at radius 2 is 1.54 bits per heavy atom. The van der Waals surface area contributed by atoms with Gasteiger partial charge in [0, 0.05) is 12.1 Å². The fraction of sp³-hybridized carbons (Fsp3) is 0.692. The molecule has 0 spiro atoms. The maximum absolute atomic E-state index is 13.0. The Labute approximate surface area is 226 Å². The van der Waals surface area contributed by atoms with Gasteiger partial charge >= 0.3 is 12.1 Å². The zero-order chi connectivity index (χ0) is 28.9. The number of carbonyl (C=O) groups is 2. The summed E-state index contributed by atoms with van der Waals surface area (Å²) in [5, 5.41) is 13.7. The van der Waals surface area contributed by atoms with Crippen LogP contribution in [-0.2, 0) is 33.2 Å². The molecule has 1 aromatic carbocycles. The van der Waals surface area contributed by atoms with Gasteiger partial charge in [-0.05, 0) is 67.5 Å². The Kier molecular flexibility index (Phi) is 7.69. The first-order valence-corrected chi connectivity index (χ1v) is 12.8. The van der Waals surface area contributed by atoms with Crippen LogP contribution in [-0.4, -0.2) is 77.0 Å². The van der Waals surface area contributed by atoms with E-state index in [-0.39, 0.29) is 11.3 Å². The number of nitro benzene ring substituents is 1. The minimum Gasteiger partial charge on any atom is -0.457 e. The van der Waals surface area contributed by atoms with E-state index in [9.17, 15) is 19.7 Å². The van der Waals surface area contributed by atoms with Crippen LogP contribution in [0.25, 0.3) is 0 Å². The van der Waals surface area contributed by atoms with E-state index in [1.807, 2.05) is 0 Å². The third kappa shape index (κ3) is 6.67. The highest BCUT2D eigenvalue weighted by molar-refractivity contribution is 5.89. The second kappa shape index (κ2) is 10.3. The smallest absolute Gasteiger partial charge is 0.408 e. The third-order valence-corrected chi connectivity index (χ3v) is 6.34. The highest BCUT2D eigenvalue weighted by Gasteiger charge is 2.62. The summed E-state index contributed by atoms with van der Waals surface area (Å²) in [5.41, 5.74) is -0.861. The van der Waals surface area contributed by atoms with E-state index in [0.717, 1.165) is 0 Å². The molecule has 3 heterocycles. The van der Waals surface area contributed by atoms with Crippen LogP contribution in [0.5, 0.6) is 0 Å². The van der Waals surface area contributed by atoms with Gasteiger partial charge in [-0.15, -0.1) is 0 Å². The number of hydrogen-bond donors (Lipinski definition) is 1. The van der Waals surface area contributed by atoms with Gasteiger partial charge in [-0.25, -0.2) is 9.59 Å². The number of fused-ring (bicyclic) bond motifs is 3. The lowest BCUT2D eigenvalue weighted by molar-refractivity contribution is -0.384. The minimum atomic E-state index is -0.989. The molecule has 0 bridgehead atoms. The summed E-state index contributed by atoms with van der Waals surface area (Å²) in [4.78, 5) is 36.3. The van der Waals surface area contributed by atoms with Crippen molar-refractivity contribution >= 4 is 17.7 Å². The Morgan fingerprint density at radius 1 is 0.974 bits per heavy atom. The SMILES string of the molecule is C[C@@H](OC(=O)c1ccc([N+](=O)[O-])cc1)[C@@H](NC(=O)OC(C)(C)C)[C@H]1O[C@@H]2OC(C)(C)O[C@@H]2[C@H]2OC(C)(C)O[C@H]21. The summed E-state index contributed by atoms with van der Waals surface area (Å²) in [7, 11) is 0. The summed E-state index contributed by atoms with van der Waals surface area (Å²) >= 11 is 0. The van der Waals surface area contributed by atoms with Crippen LogP contribution in [0.4, 0.5) is 10.5 Å². The van der Waals surface area contributed by atoms with Crippen molar-refractivity contribution in [3.05, 3.63) is 39.9 Å². The number of rotatable bonds is 6. The number of nitrogens with one attached hydrogen (secondary N) is 1. The van der Waals surface area contributed by atoms with Crippen LogP contribution >= 0.6 is 0 Å². The summed E-state index contributed by atoms with van der Waals surface area (Å²) in [6, 6.07) is 4.03. The van der Waals surface area contributed by atoms with Crippen LogP contribution in [0.1, 0.15) is 65.7 Å². The standard InChI is InChI=1S/C26H36N2O11/c1-13(33-21(29)14-9-11-15(12-10-14)28(31)32)16(27-23(30)39-24(2,3)4)17-18-19(36-25(5,6)35-18)20-22(34-17)38-26(7,8)37-20/h9-13,16-20,22H,1-8H3,(H,27,30)/t13-,16-,17-,18+,19+,20-,22-/m1/s1. The molecule has 3 saturated heterocycles. The monoisotopic (exact) mass is 552 g/mol. The van der Waals surface area contributed by atoms with Gasteiger partial charge in [-0.1, -0.05) is 0 Å². The normalized spacial score (nSPS) is 30.4. The minimum absolute atomic E-state index is 0.0989. The summed E-state index contributed by atoms with van der Waals surface area (Å²) in [6.45, 7) is 13.8. The molecule has 1 N–H and O–H groups in total. The Bertz CT molecular complexity index is 1100. The van der Waals surface area contributed by atoms with Crippen molar-refractivity contribution in [3.8, 4) is 0 Å². The predicted molar refractivity (Wildman–Crippen MR) is 134 cm³/mol. The number of esters is 1. The maximum Gasteiger partial charge on any atom is 0.408 e. The topological polar surface area (TPSA) is 154 Å². The molecule has 39 heavy (non-hydrogen) atoms. The first kappa shape index (κ1) is 29.2. The first-order chi connectivity index (χ1) is 17.9. The van der Waals surface area contributed by atoms with E-state index in [4.69, 9.17) is 33.2 Å². The van der Waals surface area contributed by atoms with Gasteiger partial charge in [-0.3, -0.25) is 10.1 Å². The molecule has 0 unspecified atom stereocenters. The van der Waals surface area contributed by atoms with E-state index in [1.54, 1.807) is 55.4 Å². The van der Waals surface area contributed by atoms with E-state index in [0.29, 0.717) is 0 Å². The second-order valence-corrected chi connectivity index (χ2v) is 11.7. The number of amides is 1. The van der Waals surface area contributed by atoms with Crippen molar-refractivity contribution in [2.24, 2.45) is 0 Å². The third-order valence-electron chi connectivity index (χ3n) is 6.34. The van der Waals surface area contributed by atoms with E-state index >= 15 is 0 Å². The van der Waals surface area contributed by atoms with Gasteiger partial charge < -0.3 is 38.5 Å². The molecule has 216 valence electrons. The van der Waals surface area contributed by atoms with Crippen molar-refractivity contribution in [3.63, 3.8) is 0 Å². The van der Waals surface area contributed by atoms with Crippen LogP contribution in [0.3, 0.4) is 0 Å². The molecule has 1 aromatic rings. The van der Waals surface area contributed by atoms with Gasteiger partial charge in [0.25, 0.3) is 5.69 Å². The number of nitrogens with zero attached hydrogens (tertiary/aromatic N) is 1. The number of nitro groups is 1. The largest absolute Gasteiger partial charge is 0.457 e. The molecule has 3 aliphatic heterocycles. The van der Waals surface area contributed by atoms with Gasteiger partial charge in [-0.2, -0.15) is 0 Å². The van der Waals surface area contributed by atoms with Gasteiger partial charge in [0.2, 0.25) is 0 Å². The lowest BCUT2D eigenvalue weighted by Crippen LogP contribution is -2.64. The molecule has 3 fully saturated rings. The van der Waals surface area contributed by atoms with Crippen molar-refractivity contribution in [1.82, 2.24) is 5.32 Å². The summed E-state index contributed by atoms with van der Waals surface area (Å²) < 4.78 is 41.9. The number of hydrogen-bond acceptors (Lipinski definition) is 11. The molecule has 1 amide bonds. The van der Waals surface area contributed by atoms with Crippen molar-refractivity contribution < 1.29 is 47.7 Å². The van der Waals surface area contributed by atoms with Crippen LogP contribution in [0.2, 0.25) is 0 Å². The Hall–Kier alpha value is -2.84. The highest BCUT2D eigenvalue weighted by atomic mass is 16.9. The predicted octanol–water partition coefficient (Wildman–Crippen LogP) is 3.43. The quantitative estimate of drug-likeness (QED) is 0.314. The molecule has 4 rings (SSSR count). The van der Waals surface area contributed by atoms with E-state index < -0.39 is 77.0 Å². The van der Waals surface area contributed by atoms with Crippen molar-refractivity contribution in [2.75, 3.05) is 0 Å². The van der Waals surface area contributed by atoms with Crippen LogP contribution in [0, 0.1) is 10.1 Å². The number of alkyl carbamates (subject to hydrolysis) is 1. The molecule has 0 aliphatic carbocycles. The molecular weight excluding hydrogens is 516 g/mol. The maximum atomic E-state index is 13.0. The average molecular weight is 553 g/mol. The van der Waals surface area contributed by atoms with Gasteiger partial charge in [0.15, 0.2) is 17.9 Å².